The zero-order valence-corrected chi connectivity index (χ0v) is 46.6. The highest BCUT2D eigenvalue weighted by Gasteiger charge is 2.18. The van der Waals surface area contributed by atoms with Crippen molar-refractivity contribution >= 4 is 11.9 Å². The predicted octanol–water partition coefficient (Wildman–Crippen LogP) is 19.4. The lowest BCUT2D eigenvalue weighted by molar-refractivity contribution is -0.143. The fourth-order valence-electron chi connectivity index (χ4n) is 9.69. The molecule has 0 rings (SSSR count). The maximum Gasteiger partial charge on any atom is 0.305 e. The van der Waals surface area contributed by atoms with Crippen molar-refractivity contribution < 1.29 is 24.5 Å². The van der Waals surface area contributed by atoms with E-state index in [1.165, 1.54) is 270 Å². The molecule has 0 aromatic rings. The number of carbonyl (C=O) groups excluding carboxylic acids is 2. The summed E-state index contributed by atoms with van der Waals surface area (Å²) in [6.07, 6.45) is 72.2. The van der Waals surface area contributed by atoms with Crippen LogP contribution in [0.4, 0.5) is 0 Å². The van der Waals surface area contributed by atoms with E-state index in [4.69, 9.17) is 4.74 Å². The van der Waals surface area contributed by atoms with E-state index in [1.54, 1.807) is 6.08 Å². The summed E-state index contributed by atoms with van der Waals surface area (Å²) in [6.45, 7) is 4.91. The summed E-state index contributed by atoms with van der Waals surface area (Å²) in [5, 5.41) is 23.1. The van der Waals surface area contributed by atoms with Gasteiger partial charge < -0.3 is 20.3 Å². The molecular weight excluding hydrogens is 851 g/mol. The smallest absolute Gasteiger partial charge is 0.305 e. The van der Waals surface area contributed by atoms with E-state index in [9.17, 15) is 19.8 Å². The van der Waals surface area contributed by atoms with Crippen LogP contribution in [0.15, 0.2) is 24.3 Å². The number of allylic oxidation sites excluding steroid dienone is 3. The quantitative estimate of drug-likeness (QED) is 0.0321. The van der Waals surface area contributed by atoms with Gasteiger partial charge in [-0.2, -0.15) is 0 Å². The van der Waals surface area contributed by atoms with Crippen molar-refractivity contribution in [2.45, 2.75) is 353 Å². The Bertz CT molecular complexity index is 1080. The summed E-state index contributed by atoms with van der Waals surface area (Å²) >= 11 is 0. The standard InChI is InChI=1S/C63H121NO5/c1-3-5-7-9-11-13-15-17-18-19-22-26-29-33-37-41-45-49-53-57-63(68)69-58-54-50-46-42-38-34-30-27-24-21-20-23-25-28-32-36-40-44-48-52-56-62(67)64-60(59-65)61(66)55-51-47-43-39-35-31-16-14-12-10-8-6-4-2/h20,23,51,55,60-61,65-66H,3-19,21-22,24-50,52-54,56-59H2,1-2H3,(H,64,67)/b23-20-,55-51+. The van der Waals surface area contributed by atoms with E-state index in [0.29, 0.717) is 19.4 Å². The minimum atomic E-state index is -0.849. The first-order valence-corrected chi connectivity index (χ1v) is 31.1. The molecule has 408 valence electrons. The van der Waals surface area contributed by atoms with Crippen molar-refractivity contribution in [2.24, 2.45) is 0 Å². The molecule has 0 spiro atoms. The maximum atomic E-state index is 12.4. The van der Waals surface area contributed by atoms with Crippen LogP contribution < -0.4 is 5.32 Å². The van der Waals surface area contributed by atoms with Crippen molar-refractivity contribution in [3.8, 4) is 0 Å². The van der Waals surface area contributed by atoms with Gasteiger partial charge in [-0.1, -0.05) is 295 Å². The van der Waals surface area contributed by atoms with Gasteiger partial charge in [0.15, 0.2) is 0 Å². The van der Waals surface area contributed by atoms with E-state index in [0.717, 1.165) is 44.9 Å². The lowest BCUT2D eigenvalue weighted by atomic mass is 10.0. The van der Waals surface area contributed by atoms with Gasteiger partial charge in [-0.3, -0.25) is 9.59 Å². The average Bonchev–Trinajstić information content (AvgIpc) is 3.35. The normalized spacial score (nSPS) is 12.7. The summed E-state index contributed by atoms with van der Waals surface area (Å²) in [6, 6.07) is -0.633. The van der Waals surface area contributed by atoms with Gasteiger partial charge in [0.25, 0.3) is 0 Å². The summed E-state index contributed by atoms with van der Waals surface area (Å²) in [5.41, 5.74) is 0. The Morgan fingerprint density at radius 3 is 1.03 bits per heavy atom. The molecular formula is C63H121NO5. The molecule has 0 saturated carbocycles. The van der Waals surface area contributed by atoms with Gasteiger partial charge in [-0.05, 0) is 57.8 Å². The second-order valence-corrected chi connectivity index (χ2v) is 21.4. The zero-order valence-electron chi connectivity index (χ0n) is 46.6. The second-order valence-electron chi connectivity index (χ2n) is 21.4. The number of rotatable bonds is 58. The SMILES string of the molecule is CCCCCCCCCCCCC/C=C/C(O)C(CO)NC(=O)CCCCCCCCC/C=C\CCCCCCCCCCCOC(=O)CCCCCCCCCCCCCCCCCCCCC. The minimum Gasteiger partial charge on any atom is -0.466 e. The number of hydrogen-bond donors (Lipinski definition) is 3. The minimum absolute atomic E-state index is 0.0106. The zero-order chi connectivity index (χ0) is 50.0. The molecule has 0 saturated heterocycles. The van der Waals surface area contributed by atoms with Gasteiger partial charge in [-0.15, -0.1) is 0 Å². The van der Waals surface area contributed by atoms with Crippen LogP contribution in [0.5, 0.6) is 0 Å². The van der Waals surface area contributed by atoms with Crippen LogP contribution >= 0.6 is 0 Å². The van der Waals surface area contributed by atoms with Crippen molar-refractivity contribution in [1.29, 1.82) is 0 Å². The van der Waals surface area contributed by atoms with Crippen LogP contribution in [-0.2, 0) is 14.3 Å². The van der Waals surface area contributed by atoms with E-state index in [1.807, 2.05) is 6.08 Å². The van der Waals surface area contributed by atoms with Crippen LogP contribution in [0.2, 0.25) is 0 Å². The lowest BCUT2D eigenvalue weighted by Gasteiger charge is -2.20. The molecule has 6 nitrogen and oxygen atoms in total. The molecule has 0 aliphatic heterocycles. The summed E-state index contributed by atoms with van der Waals surface area (Å²) in [5.74, 6) is -0.0653. The van der Waals surface area contributed by atoms with Crippen LogP contribution in [0.1, 0.15) is 341 Å². The number of ether oxygens (including phenoxy) is 1. The number of hydrogen-bond acceptors (Lipinski definition) is 5. The molecule has 6 heteroatoms. The largest absolute Gasteiger partial charge is 0.466 e. The fraction of sp³-hybridized carbons (Fsp3) is 0.905. The van der Waals surface area contributed by atoms with Gasteiger partial charge in [0.05, 0.1) is 25.4 Å². The summed E-state index contributed by atoms with van der Waals surface area (Å²) in [7, 11) is 0. The number of carbonyl (C=O) groups is 2. The molecule has 1 amide bonds. The van der Waals surface area contributed by atoms with Gasteiger partial charge in [0, 0.05) is 12.8 Å². The Kier molecular flexibility index (Phi) is 57.5. The number of nitrogens with one attached hydrogen (secondary N) is 1. The van der Waals surface area contributed by atoms with Crippen LogP contribution in [0, 0.1) is 0 Å². The maximum absolute atomic E-state index is 12.4. The predicted molar refractivity (Wildman–Crippen MR) is 301 cm³/mol. The number of amides is 1. The molecule has 0 aliphatic carbocycles. The lowest BCUT2D eigenvalue weighted by Crippen LogP contribution is -2.45. The topological polar surface area (TPSA) is 95.9 Å². The third-order valence-electron chi connectivity index (χ3n) is 14.5. The first-order chi connectivity index (χ1) is 34.0. The van der Waals surface area contributed by atoms with E-state index >= 15 is 0 Å². The molecule has 2 atom stereocenters. The molecule has 0 heterocycles. The van der Waals surface area contributed by atoms with Crippen LogP contribution in [0.3, 0.4) is 0 Å². The van der Waals surface area contributed by atoms with Gasteiger partial charge in [0.1, 0.15) is 0 Å². The third-order valence-corrected chi connectivity index (χ3v) is 14.5. The van der Waals surface area contributed by atoms with Crippen molar-refractivity contribution in [1.82, 2.24) is 5.32 Å². The second kappa shape index (κ2) is 58.9. The first-order valence-electron chi connectivity index (χ1n) is 31.1. The Morgan fingerprint density at radius 2 is 0.681 bits per heavy atom. The Balaban J connectivity index is 3.41. The summed E-state index contributed by atoms with van der Waals surface area (Å²) < 4.78 is 5.50. The fourth-order valence-corrected chi connectivity index (χ4v) is 9.69. The average molecular weight is 973 g/mol. The Labute approximate surface area is 431 Å². The van der Waals surface area contributed by atoms with E-state index in [2.05, 4.69) is 31.3 Å². The van der Waals surface area contributed by atoms with Gasteiger partial charge in [0.2, 0.25) is 5.91 Å². The molecule has 2 unspecified atom stereocenters. The number of aliphatic hydroxyl groups excluding tert-OH is 2. The van der Waals surface area contributed by atoms with Crippen LogP contribution in [0.25, 0.3) is 0 Å². The number of esters is 1. The van der Waals surface area contributed by atoms with E-state index < -0.39 is 12.1 Å². The molecule has 0 aliphatic rings. The summed E-state index contributed by atoms with van der Waals surface area (Å²) in [4.78, 5) is 24.5. The van der Waals surface area contributed by atoms with Crippen molar-refractivity contribution in [2.75, 3.05) is 13.2 Å². The molecule has 69 heavy (non-hydrogen) atoms. The number of unbranched alkanes of at least 4 members (excludes halogenated alkanes) is 45. The molecule has 0 aromatic carbocycles. The van der Waals surface area contributed by atoms with Crippen molar-refractivity contribution in [3.05, 3.63) is 24.3 Å². The van der Waals surface area contributed by atoms with Crippen molar-refractivity contribution in [3.63, 3.8) is 0 Å². The highest BCUT2D eigenvalue weighted by molar-refractivity contribution is 5.76. The molecule has 0 radical (unpaired) electrons. The highest BCUT2D eigenvalue weighted by Crippen LogP contribution is 2.17. The first kappa shape index (κ1) is 67.3. The van der Waals surface area contributed by atoms with Crippen LogP contribution in [-0.4, -0.2) is 47.4 Å². The Morgan fingerprint density at radius 1 is 0.391 bits per heavy atom. The number of aliphatic hydroxyl groups is 2. The highest BCUT2D eigenvalue weighted by atomic mass is 16.5. The van der Waals surface area contributed by atoms with Gasteiger partial charge in [-0.25, -0.2) is 0 Å². The monoisotopic (exact) mass is 972 g/mol. The van der Waals surface area contributed by atoms with E-state index in [-0.39, 0.29) is 18.5 Å². The third kappa shape index (κ3) is 55.5. The molecule has 3 N–H and O–H groups in total. The molecule has 0 fully saturated rings. The Hall–Kier alpha value is -1.66. The van der Waals surface area contributed by atoms with Gasteiger partial charge >= 0.3 is 5.97 Å². The molecule has 0 bridgehead atoms. The molecule has 0 aromatic heterocycles.